The molecule has 2 aliphatic carbocycles. The van der Waals surface area contributed by atoms with Crippen molar-refractivity contribution in [1.82, 2.24) is 25.1 Å². The Morgan fingerprint density at radius 1 is 1.48 bits per heavy atom. The number of rotatable bonds is 5. The van der Waals surface area contributed by atoms with Gasteiger partial charge in [-0.1, -0.05) is 12.8 Å². The minimum Gasteiger partial charge on any atom is -0.378 e. The number of hydrogen-bond donors (Lipinski definition) is 0. The predicted octanol–water partition coefficient (Wildman–Crippen LogP) is 0.869. The normalized spacial score (nSPS) is 26.8. The molecular formula is C14H23N5O2. The van der Waals surface area contributed by atoms with Gasteiger partial charge < -0.3 is 9.64 Å². The van der Waals surface area contributed by atoms with E-state index in [0.717, 1.165) is 13.0 Å². The summed E-state index contributed by atoms with van der Waals surface area (Å²) in [6, 6.07) is 0.292. The van der Waals surface area contributed by atoms with E-state index in [1.54, 1.807) is 0 Å². The highest BCUT2D eigenvalue weighted by atomic mass is 16.5. The molecule has 2 saturated carbocycles. The van der Waals surface area contributed by atoms with Crippen LogP contribution in [0.15, 0.2) is 6.33 Å². The summed E-state index contributed by atoms with van der Waals surface area (Å²) in [7, 11) is 1.90. The van der Waals surface area contributed by atoms with Crippen molar-refractivity contribution >= 4 is 5.91 Å². The highest BCUT2D eigenvalue weighted by molar-refractivity contribution is 5.76. The number of aromatic nitrogens is 4. The number of ether oxygens (including phenoxy) is 1. The molecule has 1 amide bonds. The highest BCUT2D eigenvalue weighted by Crippen LogP contribution is 2.56. The van der Waals surface area contributed by atoms with Gasteiger partial charge in [-0.2, -0.15) is 0 Å². The van der Waals surface area contributed by atoms with E-state index < -0.39 is 0 Å². The number of amides is 1. The van der Waals surface area contributed by atoms with Gasteiger partial charge in [-0.25, -0.2) is 4.68 Å². The third-order valence-corrected chi connectivity index (χ3v) is 5.19. The van der Waals surface area contributed by atoms with Crippen LogP contribution in [0.25, 0.3) is 0 Å². The Kier molecular flexibility index (Phi) is 3.93. The summed E-state index contributed by atoms with van der Waals surface area (Å²) in [5.74, 6) is 0.0634. The van der Waals surface area contributed by atoms with E-state index in [0.29, 0.717) is 12.1 Å². The van der Waals surface area contributed by atoms with Crippen LogP contribution in [0.2, 0.25) is 0 Å². The van der Waals surface area contributed by atoms with E-state index in [2.05, 4.69) is 15.5 Å². The largest absolute Gasteiger partial charge is 0.378 e. The van der Waals surface area contributed by atoms with Crippen LogP contribution in [0.5, 0.6) is 0 Å². The summed E-state index contributed by atoms with van der Waals surface area (Å²) < 4.78 is 7.38. The Labute approximate surface area is 124 Å². The molecule has 1 aromatic rings. The molecule has 1 heterocycles. The van der Waals surface area contributed by atoms with Gasteiger partial charge in [0.05, 0.1) is 6.10 Å². The van der Waals surface area contributed by atoms with Crippen molar-refractivity contribution in [2.45, 2.75) is 57.7 Å². The first-order valence-electron chi connectivity index (χ1n) is 7.75. The number of nitrogens with zero attached hydrogens (tertiary/aromatic N) is 5. The zero-order chi connectivity index (χ0) is 14.9. The van der Waals surface area contributed by atoms with E-state index >= 15 is 0 Å². The molecule has 0 aromatic carbocycles. The molecule has 1 spiro atoms. The van der Waals surface area contributed by atoms with E-state index in [-0.39, 0.29) is 17.9 Å². The minimum atomic E-state index is 0.0634. The van der Waals surface area contributed by atoms with E-state index in [1.165, 1.54) is 36.7 Å². The monoisotopic (exact) mass is 293 g/mol. The van der Waals surface area contributed by atoms with Crippen LogP contribution >= 0.6 is 0 Å². The van der Waals surface area contributed by atoms with Crippen molar-refractivity contribution in [1.29, 1.82) is 0 Å². The molecule has 7 nitrogen and oxygen atoms in total. The molecule has 0 radical (unpaired) electrons. The second-order valence-corrected chi connectivity index (χ2v) is 6.15. The molecular weight excluding hydrogens is 270 g/mol. The van der Waals surface area contributed by atoms with Crippen molar-refractivity contribution in [3.05, 3.63) is 6.33 Å². The Hall–Kier alpha value is -1.50. The summed E-state index contributed by atoms with van der Waals surface area (Å²) in [5.41, 5.74) is 0.182. The van der Waals surface area contributed by atoms with Gasteiger partial charge in [0.15, 0.2) is 0 Å². The molecule has 2 fully saturated rings. The SMILES string of the molecule is CCO[C@H]1C[C@@H](N(C)C(=O)Cn2cnnn2)C12CCCC2. The average Bonchev–Trinajstić information content (AvgIpc) is 3.14. The van der Waals surface area contributed by atoms with Crippen molar-refractivity contribution in [3.63, 3.8) is 0 Å². The molecule has 21 heavy (non-hydrogen) atoms. The molecule has 2 atom stereocenters. The number of carbonyl (C=O) groups is 1. The maximum atomic E-state index is 12.4. The predicted molar refractivity (Wildman–Crippen MR) is 75.3 cm³/mol. The first kappa shape index (κ1) is 14.4. The molecule has 3 rings (SSSR count). The van der Waals surface area contributed by atoms with E-state index in [9.17, 15) is 4.79 Å². The summed E-state index contributed by atoms with van der Waals surface area (Å²) in [6.07, 6.45) is 7.57. The van der Waals surface area contributed by atoms with Gasteiger partial charge in [0, 0.05) is 25.1 Å². The van der Waals surface area contributed by atoms with E-state index in [1.807, 2.05) is 18.9 Å². The number of carbonyl (C=O) groups excluding carboxylic acids is 1. The number of hydrogen-bond acceptors (Lipinski definition) is 5. The van der Waals surface area contributed by atoms with E-state index in [4.69, 9.17) is 4.74 Å². The average molecular weight is 293 g/mol. The van der Waals surface area contributed by atoms with Gasteiger partial charge in [-0.05, 0) is 36.6 Å². The third kappa shape index (κ3) is 2.43. The van der Waals surface area contributed by atoms with Crippen molar-refractivity contribution in [2.24, 2.45) is 5.41 Å². The van der Waals surface area contributed by atoms with Gasteiger partial charge in [-0.15, -0.1) is 5.10 Å². The van der Waals surface area contributed by atoms with Crippen LogP contribution in [0, 0.1) is 5.41 Å². The Morgan fingerprint density at radius 3 is 2.86 bits per heavy atom. The topological polar surface area (TPSA) is 73.1 Å². The molecule has 0 aliphatic heterocycles. The highest BCUT2D eigenvalue weighted by Gasteiger charge is 2.58. The van der Waals surface area contributed by atoms with Crippen LogP contribution in [-0.2, 0) is 16.1 Å². The zero-order valence-electron chi connectivity index (χ0n) is 12.7. The Bertz CT molecular complexity index is 484. The minimum absolute atomic E-state index is 0.0634. The summed E-state index contributed by atoms with van der Waals surface area (Å²) in [4.78, 5) is 14.3. The van der Waals surface area contributed by atoms with Crippen molar-refractivity contribution < 1.29 is 9.53 Å². The molecule has 1 aromatic heterocycles. The number of tetrazole rings is 1. The van der Waals surface area contributed by atoms with Gasteiger partial charge in [0.1, 0.15) is 12.9 Å². The quantitative estimate of drug-likeness (QED) is 0.805. The molecule has 116 valence electrons. The van der Waals surface area contributed by atoms with Crippen LogP contribution in [0.1, 0.15) is 39.0 Å². The lowest BCUT2D eigenvalue weighted by molar-refractivity contribution is -0.172. The lowest BCUT2D eigenvalue weighted by Crippen LogP contribution is -2.64. The van der Waals surface area contributed by atoms with Gasteiger partial charge in [-0.3, -0.25) is 4.79 Å². The van der Waals surface area contributed by atoms with Crippen LogP contribution in [0.3, 0.4) is 0 Å². The maximum absolute atomic E-state index is 12.4. The maximum Gasteiger partial charge on any atom is 0.244 e. The number of likely N-dealkylation sites (N-methyl/N-ethyl adjacent to an activating group) is 1. The zero-order valence-corrected chi connectivity index (χ0v) is 12.7. The summed E-state index contributed by atoms with van der Waals surface area (Å²) >= 11 is 0. The van der Waals surface area contributed by atoms with Crippen molar-refractivity contribution in [3.8, 4) is 0 Å². The Balaban J connectivity index is 1.67. The molecule has 2 aliphatic rings. The Morgan fingerprint density at radius 2 is 2.24 bits per heavy atom. The van der Waals surface area contributed by atoms with Crippen LogP contribution < -0.4 is 0 Å². The first-order valence-corrected chi connectivity index (χ1v) is 7.75. The second kappa shape index (κ2) is 5.71. The van der Waals surface area contributed by atoms with Crippen LogP contribution in [0.4, 0.5) is 0 Å². The molecule has 0 saturated heterocycles. The fourth-order valence-electron chi connectivity index (χ4n) is 4.07. The van der Waals surface area contributed by atoms with Gasteiger partial charge in [0.2, 0.25) is 5.91 Å². The molecule has 0 bridgehead atoms. The lowest BCUT2D eigenvalue weighted by Gasteiger charge is -2.57. The molecule has 0 unspecified atom stereocenters. The fourth-order valence-corrected chi connectivity index (χ4v) is 4.07. The lowest BCUT2D eigenvalue weighted by atomic mass is 9.60. The van der Waals surface area contributed by atoms with Crippen LogP contribution in [-0.4, -0.2) is 56.8 Å². The van der Waals surface area contributed by atoms with Gasteiger partial charge >= 0.3 is 0 Å². The fraction of sp³-hybridized carbons (Fsp3) is 0.857. The molecule has 7 heteroatoms. The second-order valence-electron chi connectivity index (χ2n) is 6.15. The smallest absolute Gasteiger partial charge is 0.244 e. The van der Waals surface area contributed by atoms with Crippen molar-refractivity contribution in [2.75, 3.05) is 13.7 Å². The first-order chi connectivity index (χ1) is 10.2. The summed E-state index contributed by atoms with van der Waals surface area (Å²) in [5, 5.41) is 10.9. The van der Waals surface area contributed by atoms with Gasteiger partial charge in [0.25, 0.3) is 0 Å². The third-order valence-electron chi connectivity index (χ3n) is 5.19. The standard InChI is InChI=1S/C14H23N5O2/c1-3-21-12-8-11(14(12)6-4-5-7-14)18(2)13(20)9-19-10-15-16-17-19/h10-12H,3-9H2,1-2H3/t11-,12+/m1/s1. The molecule has 0 N–H and O–H groups in total. The summed E-state index contributed by atoms with van der Waals surface area (Å²) in [6.45, 7) is 3.00.